The Bertz CT molecular complexity index is 199. The van der Waals surface area contributed by atoms with Crippen molar-refractivity contribution in [2.24, 2.45) is 5.92 Å². The SMILES string of the molecule is N#CC(C1CCNCC1)N1CCC1. The normalized spacial score (nSPS) is 27.6. The number of nitriles is 1. The largest absolute Gasteiger partial charge is 0.317 e. The van der Waals surface area contributed by atoms with E-state index in [0.717, 1.165) is 26.2 Å². The Morgan fingerprint density at radius 1 is 1.31 bits per heavy atom. The number of hydrogen-bond donors (Lipinski definition) is 1. The van der Waals surface area contributed by atoms with Crippen LogP contribution in [0.15, 0.2) is 0 Å². The molecule has 1 atom stereocenters. The van der Waals surface area contributed by atoms with Gasteiger partial charge in [-0.15, -0.1) is 0 Å². The molecule has 1 unspecified atom stereocenters. The molecule has 0 aromatic heterocycles. The Morgan fingerprint density at radius 2 is 2.00 bits per heavy atom. The first-order valence-corrected chi connectivity index (χ1v) is 5.26. The molecule has 0 aromatic carbocycles. The zero-order chi connectivity index (χ0) is 9.10. The van der Waals surface area contributed by atoms with E-state index in [4.69, 9.17) is 5.26 Å². The summed E-state index contributed by atoms with van der Waals surface area (Å²) in [7, 11) is 0. The van der Waals surface area contributed by atoms with Crippen LogP contribution in [0.1, 0.15) is 19.3 Å². The quantitative estimate of drug-likeness (QED) is 0.674. The van der Waals surface area contributed by atoms with Gasteiger partial charge in [-0.2, -0.15) is 5.26 Å². The lowest BCUT2D eigenvalue weighted by molar-refractivity contribution is 0.0978. The van der Waals surface area contributed by atoms with E-state index in [-0.39, 0.29) is 6.04 Å². The van der Waals surface area contributed by atoms with E-state index in [2.05, 4.69) is 16.3 Å². The second kappa shape index (κ2) is 4.08. The second-order valence-electron chi connectivity index (χ2n) is 4.05. The fourth-order valence-corrected chi connectivity index (χ4v) is 2.26. The highest BCUT2D eigenvalue weighted by atomic mass is 15.2. The summed E-state index contributed by atoms with van der Waals surface area (Å²) in [6.07, 6.45) is 3.63. The summed E-state index contributed by atoms with van der Waals surface area (Å²) in [5, 5.41) is 12.4. The van der Waals surface area contributed by atoms with Crippen molar-refractivity contribution in [3.8, 4) is 6.07 Å². The molecule has 1 N–H and O–H groups in total. The van der Waals surface area contributed by atoms with Gasteiger partial charge < -0.3 is 5.32 Å². The van der Waals surface area contributed by atoms with Crippen LogP contribution in [0.4, 0.5) is 0 Å². The standard InChI is InChI=1S/C10H17N3/c11-8-10(13-6-1-7-13)9-2-4-12-5-3-9/h9-10,12H,1-7H2. The number of nitrogens with zero attached hydrogens (tertiary/aromatic N) is 2. The second-order valence-corrected chi connectivity index (χ2v) is 4.05. The molecule has 2 saturated heterocycles. The molecule has 0 saturated carbocycles. The molecular weight excluding hydrogens is 162 g/mol. The maximum Gasteiger partial charge on any atom is 0.101 e. The van der Waals surface area contributed by atoms with E-state index in [1.165, 1.54) is 19.3 Å². The van der Waals surface area contributed by atoms with Gasteiger partial charge in [-0.05, 0) is 38.3 Å². The van der Waals surface area contributed by atoms with Crippen LogP contribution in [0.5, 0.6) is 0 Å². The number of hydrogen-bond acceptors (Lipinski definition) is 3. The molecular formula is C10H17N3. The van der Waals surface area contributed by atoms with E-state index >= 15 is 0 Å². The number of rotatable bonds is 2. The average molecular weight is 179 g/mol. The van der Waals surface area contributed by atoms with Crippen LogP contribution >= 0.6 is 0 Å². The third kappa shape index (κ3) is 1.84. The van der Waals surface area contributed by atoms with Crippen LogP contribution in [0, 0.1) is 17.2 Å². The molecule has 3 nitrogen and oxygen atoms in total. The summed E-state index contributed by atoms with van der Waals surface area (Å²) in [4.78, 5) is 2.33. The molecule has 0 amide bonds. The van der Waals surface area contributed by atoms with E-state index < -0.39 is 0 Å². The Morgan fingerprint density at radius 3 is 2.46 bits per heavy atom. The Balaban J connectivity index is 1.90. The lowest BCUT2D eigenvalue weighted by Gasteiger charge is -2.39. The predicted octanol–water partition coefficient (Wildman–Crippen LogP) is 0.584. The highest BCUT2D eigenvalue weighted by Crippen LogP contribution is 2.23. The third-order valence-electron chi connectivity index (χ3n) is 3.25. The fourth-order valence-electron chi connectivity index (χ4n) is 2.26. The summed E-state index contributed by atoms with van der Waals surface area (Å²) in [5.41, 5.74) is 0. The van der Waals surface area contributed by atoms with Crippen molar-refractivity contribution in [3.05, 3.63) is 0 Å². The zero-order valence-corrected chi connectivity index (χ0v) is 8.00. The average Bonchev–Trinajstić information content (AvgIpc) is 2.12. The fraction of sp³-hybridized carbons (Fsp3) is 0.900. The monoisotopic (exact) mass is 179 g/mol. The summed E-state index contributed by atoms with van der Waals surface area (Å²) >= 11 is 0. The topological polar surface area (TPSA) is 39.1 Å². The minimum Gasteiger partial charge on any atom is -0.317 e. The van der Waals surface area contributed by atoms with Gasteiger partial charge in [0.2, 0.25) is 0 Å². The molecule has 13 heavy (non-hydrogen) atoms. The third-order valence-corrected chi connectivity index (χ3v) is 3.25. The molecule has 2 aliphatic heterocycles. The first kappa shape index (κ1) is 8.98. The van der Waals surface area contributed by atoms with Gasteiger partial charge in [0, 0.05) is 13.1 Å². The van der Waals surface area contributed by atoms with Crippen LogP contribution in [-0.2, 0) is 0 Å². The highest BCUT2D eigenvalue weighted by Gasteiger charge is 2.31. The summed E-state index contributed by atoms with van der Waals surface area (Å²) in [6.45, 7) is 4.47. The highest BCUT2D eigenvalue weighted by molar-refractivity contribution is 4.99. The van der Waals surface area contributed by atoms with Gasteiger partial charge in [0.05, 0.1) is 6.07 Å². The molecule has 0 bridgehead atoms. The van der Waals surface area contributed by atoms with Crippen molar-refractivity contribution in [2.45, 2.75) is 25.3 Å². The maximum absolute atomic E-state index is 9.10. The van der Waals surface area contributed by atoms with E-state index in [1.807, 2.05) is 0 Å². The summed E-state index contributed by atoms with van der Waals surface area (Å²) in [6, 6.07) is 2.68. The lowest BCUT2D eigenvalue weighted by Crippen LogP contribution is -2.50. The van der Waals surface area contributed by atoms with Crippen molar-refractivity contribution in [1.29, 1.82) is 5.26 Å². The van der Waals surface area contributed by atoms with Crippen molar-refractivity contribution in [3.63, 3.8) is 0 Å². The molecule has 2 fully saturated rings. The van der Waals surface area contributed by atoms with E-state index in [0.29, 0.717) is 5.92 Å². The molecule has 0 spiro atoms. The minimum atomic E-state index is 0.204. The molecule has 0 aliphatic carbocycles. The molecule has 2 heterocycles. The van der Waals surface area contributed by atoms with Crippen LogP contribution in [0.25, 0.3) is 0 Å². The minimum absolute atomic E-state index is 0.204. The molecule has 3 heteroatoms. The Kier molecular flexibility index (Phi) is 2.82. The van der Waals surface area contributed by atoms with Crippen LogP contribution < -0.4 is 5.32 Å². The molecule has 0 aromatic rings. The zero-order valence-electron chi connectivity index (χ0n) is 8.00. The first-order valence-electron chi connectivity index (χ1n) is 5.26. The predicted molar refractivity (Wildman–Crippen MR) is 51.2 cm³/mol. The summed E-state index contributed by atoms with van der Waals surface area (Å²) in [5.74, 6) is 0.617. The van der Waals surface area contributed by atoms with Crippen LogP contribution in [-0.4, -0.2) is 37.1 Å². The van der Waals surface area contributed by atoms with Crippen LogP contribution in [0.2, 0.25) is 0 Å². The number of piperidine rings is 1. The van der Waals surface area contributed by atoms with Gasteiger partial charge in [0.1, 0.15) is 6.04 Å². The summed E-state index contributed by atoms with van der Waals surface area (Å²) < 4.78 is 0. The van der Waals surface area contributed by atoms with E-state index in [1.54, 1.807) is 0 Å². The number of nitrogens with one attached hydrogen (secondary N) is 1. The smallest absolute Gasteiger partial charge is 0.101 e. The van der Waals surface area contributed by atoms with Gasteiger partial charge in [-0.25, -0.2) is 0 Å². The van der Waals surface area contributed by atoms with E-state index in [9.17, 15) is 0 Å². The van der Waals surface area contributed by atoms with Crippen LogP contribution in [0.3, 0.4) is 0 Å². The molecule has 2 aliphatic rings. The van der Waals surface area contributed by atoms with Crippen molar-refractivity contribution in [2.75, 3.05) is 26.2 Å². The number of likely N-dealkylation sites (tertiary alicyclic amines) is 1. The molecule has 72 valence electrons. The van der Waals surface area contributed by atoms with Gasteiger partial charge in [0.15, 0.2) is 0 Å². The van der Waals surface area contributed by atoms with Gasteiger partial charge in [0.25, 0.3) is 0 Å². The Labute approximate surface area is 79.7 Å². The Hall–Kier alpha value is -0.590. The van der Waals surface area contributed by atoms with Gasteiger partial charge in [-0.1, -0.05) is 0 Å². The first-order chi connectivity index (χ1) is 6.42. The van der Waals surface area contributed by atoms with Crippen molar-refractivity contribution < 1.29 is 0 Å². The van der Waals surface area contributed by atoms with Gasteiger partial charge >= 0.3 is 0 Å². The molecule has 2 rings (SSSR count). The van der Waals surface area contributed by atoms with Crippen molar-refractivity contribution in [1.82, 2.24) is 10.2 Å². The lowest BCUT2D eigenvalue weighted by atomic mass is 9.88. The maximum atomic E-state index is 9.10. The molecule has 0 radical (unpaired) electrons. The van der Waals surface area contributed by atoms with Crippen molar-refractivity contribution >= 4 is 0 Å². The van der Waals surface area contributed by atoms with Gasteiger partial charge in [-0.3, -0.25) is 4.90 Å².